The van der Waals surface area contributed by atoms with Crippen LogP contribution in [0.15, 0.2) is 48.5 Å². The summed E-state index contributed by atoms with van der Waals surface area (Å²) < 4.78 is 11.2. The Labute approximate surface area is 169 Å². The molecule has 0 fully saturated rings. The zero-order chi connectivity index (χ0) is 20.7. The molecule has 2 aromatic rings. The molecular weight excluding hydrogens is 350 g/mol. The predicted molar refractivity (Wildman–Crippen MR) is 114 cm³/mol. The third kappa shape index (κ3) is 5.75. The van der Waals surface area contributed by atoms with Crippen LogP contribution in [0.1, 0.15) is 64.6 Å². The van der Waals surface area contributed by atoms with Gasteiger partial charge in [0.05, 0.1) is 13.2 Å². The maximum atomic E-state index is 12.8. The van der Waals surface area contributed by atoms with E-state index in [1.165, 1.54) is 5.56 Å². The lowest BCUT2D eigenvalue weighted by Gasteiger charge is -2.23. The van der Waals surface area contributed by atoms with Gasteiger partial charge in [-0.05, 0) is 53.6 Å². The Hall–Kier alpha value is -2.49. The van der Waals surface area contributed by atoms with Crippen LogP contribution in [0, 0.1) is 0 Å². The van der Waals surface area contributed by atoms with Crippen molar-refractivity contribution in [1.29, 1.82) is 0 Å². The molecule has 2 atom stereocenters. The monoisotopic (exact) mass is 383 g/mol. The Balaban J connectivity index is 2.04. The number of benzene rings is 2. The first-order valence-corrected chi connectivity index (χ1v) is 10.00. The minimum Gasteiger partial charge on any atom is -0.497 e. The number of hydrogen-bond acceptors (Lipinski definition) is 3. The lowest BCUT2D eigenvalue weighted by Crippen LogP contribution is -2.39. The molecule has 152 valence electrons. The second-order valence-corrected chi connectivity index (χ2v) is 8.03. The summed E-state index contributed by atoms with van der Waals surface area (Å²) >= 11 is 0. The van der Waals surface area contributed by atoms with E-state index in [1.54, 1.807) is 7.11 Å². The summed E-state index contributed by atoms with van der Waals surface area (Å²) in [6.45, 7) is 10.5. The maximum absolute atomic E-state index is 12.8. The number of hydrogen-bond donors (Lipinski definition) is 1. The number of methoxy groups -OCH3 is 1. The number of rotatable bonds is 8. The molecule has 2 aromatic carbocycles. The summed E-state index contributed by atoms with van der Waals surface area (Å²) in [7, 11) is 1.64. The molecule has 1 amide bonds. The first-order valence-electron chi connectivity index (χ1n) is 10.00. The zero-order valence-corrected chi connectivity index (χ0v) is 17.9. The maximum Gasteiger partial charge on any atom is 0.261 e. The first-order chi connectivity index (χ1) is 13.3. The Bertz CT molecular complexity index is 745. The minimum absolute atomic E-state index is 0.0562. The molecule has 0 saturated heterocycles. The van der Waals surface area contributed by atoms with E-state index < -0.39 is 6.10 Å². The molecule has 4 nitrogen and oxygen atoms in total. The molecule has 2 rings (SSSR count). The van der Waals surface area contributed by atoms with Crippen LogP contribution in [0.2, 0.25) is 0 Å². The third-order valence-corrected chi connectivity index (χ3v) is 4.90. The van der Waals surface area contributed by atoms with Crippen LogP contribution in [0.25, 0.3) is 0 Å². The summed E-state index contributed by atoms with van der Waals surface area (Å²) in [6.07, 6.45) is 0.883. The van der Waals surface area contributed by atoms with Gasteiger partial charge in [0.2, 0.25) is 0 Å². The first kappa shape index (κ1) is 21.8. The Kier molecular flexibility index (Phi) is 7.50. The topological polar surface area (TPSA) is 47.6 Å². The molecule has 0 aliphatic rings. The largest absolute Gasteiger partial charge is 0.497 e. The van der Waals surface area contributed by atoms with Gasteiger partial charge < -0.3 is 14.8 Å². The molecule has 0 aliphatic carbocycles. The van der Waals surface area contributed by atoms with Gasteiger partial charge in [0.25, 0.3) is 5.91 Å². The van der Waals surface area contributed by atoms with E-state index in [2.05, 4.69) is 45.1 Å². The van der Waals surface area contributed by atoms with E-state index in [-0.39, 0.29) is 17.4 Å². The fourth-order valence-corrected chi connectivity index (χ4v) is 3.04. The average molecular weight is 384 g/mol. The van der Waals surface area contributed by atoms with Crippen molar-refractivity contribution in [3.63, 3.8) is 0 Å². The second-order valence-electron chi connectivity index (χ2n) is 8.03. The number of ether oxygens (including phenoxy) is 2. The fraction of sp³-hybridized carbons (Fsp3) is 0.458. The molecule has 0 heterocycles. The van der Waals surface area contributed by atoms with Gasteiger partial charge in [0, 0.05) is 0 Å². The molecule has 1 N–H and O–H groups in total. The summed E-state index contributed by atoms with van der Waals surface area (Å²) in [5, 5.41) is 3.12. The normalized spacial score (nSPS) is 13.5. The number of nitrogens with one attached hydrogen (secondary N) is 1. The molecule has 0 saturated carbocycles. The molecule has 0 spiro atoms. The van der Waals surface area contributed by atoms with Gasteiger partial charge in [-0.15, -0.1) is 0 Å². The van der Waals surface area contributed by atoms with E-state index in [1.807, 2.05) is 43.3 Å². The highest BCUT2D eigenvalue weighted by Crippen LogP contribution is 2.25. The summed E-state index contributed by atoms with van der Waals surface area (Å²) in [5.74, 6) is 1.43. The summed E-state index contributed by atoms with van der Waals surface area (Å²) in [6, 6.07) is 15.7. The van der Waals surface area contributed by atoms with Gasteiger partial charge in [-0.1, -0.05) is 58.9 Å². The van der Waals surface area contributed by atoms with Crippen molar-refractivity contribution < 1.29 is 14.3 Å². The van der Waals surface area contributed by atoms with Crippen molar-refractivity contribution in [1.82, 2.24) is 5.32 Å². The lowest BCUT2D eigenvalue weighted by molar-refractivity contribution is -0.128. The van der Waals surface area contributed by atoms with Gasteiger partial charge in [-0.3, -0.25) is 4.79 Å². The SMILES string of the molecule is CC[C@@H](Oc1ccc(C(C)(C)C)cc1)C(=O)N[C@H](CC)c1ccc(OC)cc1. The van der Waals surface area contributed by atoms with E-state index >= 15 is 0 Å². The van der Waals surface area contributed by atoms with Gasteiger partial charge in [0.1, 0.15) is 11.5 Å². The van der Waals surface area contributed by atoms with E-state index in [4.69, 9.17) is 9.47 Å². The molecule has 4 heteroatoms. The van der Waals surface area contributed by atoms with Gasteiger partial charge in [-0.25, -0.2) is 0 Å². The smallest absolute Gasteiger partial charge is 0.261 e. The van der Waals surface area contributed by atoms with Crippen LogP contribution in [0.4, 0.5) is 0 Å². The highest BCUT2D eigenvalue weighted by molar-refractivity contribution is 5.81. The van der Waals surface area contributed by atoms with Gasteiger partial charge in [0.15, 0.2) is 6.10 Å². The lowest BCUT2D eigenvalue weighted by atomic mass is 9.87. The average Bonchev–Trinajstić information content (AvgIpc) is 2.69. The molecule has 0 unspecified atom stereocenters. The predicted octanol–water partition coefficient (Wildman–Crippen LogP) is 5.42. The summed E-state index contributed by atoms with van der Waals surface area (Å²) in [4.78, 5) is 12.8. The Morgan fingerprint density at radius 1 is 0.929 bits per heavy atom. The molecule has 0 bridgehead atoms. The van der Waals surface area contributed by atoms with Gasteiger partial charge in [-0.2, -0.15) is 0 Å². The number of amides is 1. The van der Waals surface area contributed by atoms with Crippen molar-refractivity contribution in [2.75, 3.05) is 7.11 Å². The molecule has 28 heavy (non-hydrogen) atoms. The van der Waals surface area contributed by atoms with Crippen LogP contribution >= 0.6 is 0 Å². The highest BCUT2D eigenvalue weighted by Gasteiger charge is 2.22. The number of carbonyl (C=O) groups excluding carboxylic acids is 1. The molecular formula is C24H33NO3. The fourth-order valence-electron chi connectivity index (χ4n) is 3.04. The highest BCUT2D eigenvalue weighted by atomic mass is 16.5. The standard InChI is InChI=1S/C24H33NO3/c1-7-21(17-9-13-19(27-6)14-10-17)25-23(26)22(8-2)28-20-15-11-18(12-16-20)24(3,4)5/h9-16,21-22H,7-8H2,1-6H3,(H,25,26)/t21-,22-/m1/s1. The molecule has 0 radical (unpaired) electrons. The van der Waals surface area contributed by atoms with Crippen LogP contribution < -0.4 is 14.8 Å². The van der Waals surface area contributed by atoms with Crippen LogP contribution in [0.5, 0.6) is 11.5 Å². The van der Waals surface area contributed by atoms with Crippen molar-refractivity contribution in [2.24, 2.45) is 0 Å². The van der Waals surface area contributed by atoms with Crippen molar-refractivity contribution in [2.45, 2.75) is 65.0 Å². The molecule has 0 aliphatic heterocycles. The van der Waals surface area contributed by atoms with Crippen LogP contribution in [0.3, 0.4) is 0 Å². The Morgan fingerprint density at radius 3 is 1.96 bits per heavy atom. The van der Waals surface area contributed by atoms with Crippen LogP contribution in [-0.2, 0) is 10.2 Å². The van der Waals surface area contributed by atoms with Gasteiger partial charge >= 0.3 is 0 Å². The Morgan fingerprint density at radius 2 is 1.50 bits per heavy atom. The molecule has 0 aromatic heterocycles. The van der Waals surface area contributed by atoms with Crippen molar-refractivity contribution in [3.8, 4) is 11.5 Å². The quantitative estimate of drug-likeness (QED) is 0.662. The second kappa shape index (κ2) is 9.63. The summed E-state index contributed by atoms with van der Waals surface area (Å²) in [5.41, 5.74) is 2.39. The van der Waals surface area contributed by atoms with E-state index in [9.17, 15) is 4.79 Å². The van der Waals surface area contributed by atoms with E-state index in [0.29, 0.717) is 12.2 Å². The zero-order valence-electron chi connectivity index (χ0n) is 17.9. The van der Waals surface area contributed by atoms with E-state index in [0.717, 1.165) is 17.7 Å². The van der Waals surface area contributed by atoms with Crippen LogP contribution in [-0.4, -0.2) is 19.1 Å². The third-order valence-electron chi connectivity index (χ3n) is 4.90. The number of carbonyl (C=O) groups is 1. The minimum atomic E-state index is -0.521. The van der Waals surface area contributed by atoms with Crippen molar-refractivity contribution >= 4 is 5.91 Å². The van der Waals surface area contributed by atoms with Crippen molar-refractivity contribution in [3.05, 3.63) is 59.7 Å².